The number of benzene rings is 1. The smallest absolute Gasteiger partial charge is 0.320 e. The molecule has 0 aliphatic carbocycles. The van der Waals surface area contributed by atoms with E-state index in [4.69, 9.17) is 21.7 Å². The largest absolute Gasteiger partial charge is 0.508 e. The first-order valence-electron chi connectivity index (χ1n) is 3.96. The number of aromatic hydroxyl groups is 1. The fourth-order valence-corrected chi connectivity index (χ4v) is 0.474. The molecular weight excluding hydrogens is 184 g/mol. The summed E-state index contributed by atoms with van der Waals surface area (Å²) in [5, 5.41) is 16.6. The molecule has 0 saturated carbocycles. The van der Waals surface area contributed by atoms with Crippen molar-refractivity contribution in [2.75, 3.05) is 5.73 Å². The Hall–Kier alpha value is -1.75. The highest BCUT2D eigenvalue weighted by atomic mass is 16.4. The van der Waals surface area contributed by atoms with Crippen LogP contribution in [0.25, 0.3) is 0 Å². The standard InChI is InChI=1S/C6H7NO.C3H7NO2/c7-5-1-3-6(8)4-2-5;1-2(4)3(5)6/h1-4,8H,7H2;2H,4H2,1H3,(H,5,6)/t;2-/m.0/s1. The van der Waals surface area contributed by atoms with Crippen molar-refractivity contribution in [3.05, 3.63) is 24.3 Å². The number of nitrogens with two attached hydrogens (primary N) is 2. The lowest BCUT2D eigenvalue weighted by Crippen LogP contribution is -2.25. The number of carboxylic acids is 1. The Balaban J connectivity index is 0.000000255. The Kier molecular flexibility index (Phi) is 5.09. The number of carbonyl (C=O) groups is 1. The molecule has 78 valence electrons. The summed E-state index contributed by atoms with van der Waals surface area (Å²) in [4.78, 5) is 9.57. The van der Waals surface area contributed by atoms with Crippen molar-refractivity contribution in [1.82, 2.24) is 0 Å². The predicted molar refractivity (Wildman–Crippen MR) is 53.8 cm³/mol. The lowest BCUT2D eigenvalue weighted by atomic mass is 10.3. The van der Waals surface area contributed by atoms with Crippen LogP contribution in [-0.4, -0.2) is 22.2 Å². The third kappa shape index (κ3) is 5.84. The van der Waals surface area contributed by atoms with Gasteiger partial charge in [0.1, 0.15) is 11.8 Å². The molecule has 1 aromatic rings. The van der Waals surface area contributed by atoms with Gasteiger partial charge in [-0.3, -0.25) is 4.79 Å². The van der Waals surface area contributed by atoms with Crippen LogP contribution in [0.1, 0.15) is 6.92 Å². The van der Waals surface area contributed by atoms with E-state index in [-0.39, 0.29) is 5.75 Å². The Morgan fingerprint density at radius 2 is 1.71 bits per heavy atom. The molecule has 0 amide bonds. The lowest BCUT2D eigenvalue weighted by Gasteiger charge is -1.90. The van der Waals surface area contributed by atoms with Crippen molar-refractivity contribution in [3.8, 4) is 5.75 Å². The Morgan fingerprint density at radius 1 is 1.36 bits per heavy atom. The van der Waals surface area contributed by atoms with Crippen LogP contribution in [-0.2, 0) is 4.79 Å². The van der Waals surface area contributed by atoms with Gasteiger partial charge in [0, 0.05) is 5.69 Å². The number of carboxylic acid groups (broad SMARTS) is 1. The minimum atomic E-state index is -0.963. The van der Waals surface area contributed by atoms with Gasteiger partial charge in [-0.05, 0) is 31.2 Å². The van der Waals surface area contributed by atoms with E-state index in [0.29, 0.717) is 5.69 Å². The minimum Gasteiger partial charge on any atom is -0.508 e. The molecule has 5 heteroatoms. The van der Waals surface area contributed by atoms with Gasteiger partial charge in [0.25, 0.3) is 0 Å². The molecule has 0 aliphatic heterocycles. The number of rotatable bonds is 1. The van der Waals surface area contributed by atoms with Gasteiger partial charge in [-0.15, -0.1) is 0 Å². The highest BCUT2D eigenvalue weighted by Gasteiger charge is 1.99. The lowest BCUT2D eigenvalue weighted by molar-refractivity contribution is -0.138. The molecule has 0 fully saturated rings. The zero-order valence-corrected chi connectivity index (χ0v) is 7.84. The van der Waals surface area contributed by atoms with E-state index < -0.39 is 12.0 Å². The van der Waals surface area contributed by atoms with Crippen LogP contribution >= 0.6 is 0 Å². The van der Waals surface area contributed by atoms with Crippen molar-refractivity contribution in [2.24, 2.45) is 5.73 Å². The van der Waals surface area contributed by atoms with Crippen LogP contribution in [0.2, 0.25) is 0 Å². The van der Waals surface area contributed by atoms with Crippen molar-refractivity contribution in [1.29, 1.82) is 0 Å². The number of nitrogen functional groups attached to an aromatic ring is 1. The van der Waals surface area contributed by atoms with Crippen molar-refractivity contribution in [3.63, 3.8) is 0 Å². The minimum absolute atomic E-state index is 0.249. The number of phenolic OH excluding ortho intramolecular Hbond substituents is 1. The molecule has 1 rings (SSSR count). The second kappa shape index (κ2) is 5.82. The van der Waals surface area contributed by atoms with E-state index >= 15 is 0 Å². The molecule has 0 spiro atoms. The Morgan fingerprint density at radius 3 is 1.93 bits per heavy atom. The van der Waals surface area contributed by atoms with Crippen LogP contribution in [0, 0.1) is 0 Å². The molecular formula is C9H14N2O3. The first kappa shape index (κ1) is 12.2. The quantitative estimate of drug-likeness (QED) is 0.385. The molecule has 5 nitrogen and oxygen atoms in total. The SMILES string of the molecule is C[C@H](N)C(=O)O.Nc1ccc(O)cc1. The molecule has 0 unspecified atom stereocenters. The fourth-order valence-electron chi connectivity index (χ4n) is 0.474. The molecule has 0 aliphatic rings. The number of anilines is 1. The Labute approximate surface area is 82.0 Å². The second-order valence-electron chi connectivity index (χ2n) is 2.72. The summed E-state index contributed by atoms with van der Waals surface area (Å²) in [7, 11) is 0. The number of phenols is 1. The monoisotopic (exact) mass is 198 g/mol. The Bertz CT molecular complexity index is 262. The molecule has 0 radical (unpaired) electrons. The molecule has 14 heavy (non-hydrogen) atoms. The summed E-state index contributed by atoms with van der Waals surface area (Å²) in [6.45, 7) is 1.42. The molecule has 1 atom stereocenters. The maximum Gasteiger partial charge on any atom is 0.320 e. The number of aliphatic carboxylic acids is 1. The van der Waals surface area contributed by atoms with Gasteiger partial charge in [-0.2, -0.15) is 0 Å². The molecule has 0 saturated heterocycles. The van der Waals surface area contributed by atoms with E-state index in [1.54, 1.807) is 24.3 Å². The molecule has 6 N–H and O–H groups in total. The maximum atomic E-state index is 9.57. The third-order valence-electron chi connectivity index (χ3n) is 1.28. The van der Waals surface area contributed by atoms with Gasteiger partial charge in [-0.1, -0.05) is 0 Å². The van der Waals surface area contributed by atoms with E-state index in [9.17, 15) is 4.79 Å². The normalized spacial score (nSPS) is 11.0. The van der Waals surface area contributed by atoms with Gasteiger partial charge in [-0.25, -0.2) is 0 Å². The number of hydrogen-bond donors (Lipinski definition) is 4. The van der Waals surface area contributed by atoms with E-state index in [0.717, 1.165) is 0 Å². The van der Waals surface area contributed by atoms with Crippen LogP contribution in [0.5, 0.6) is 5.75 Å². The second-order valence-corrected chi connectivity index (χ2v) is 2.72. The molecule has 0 bridgehead atoms. The first-order chi connectivity index (χ1) is 6.43. The third-order valence-corrected chi connectivity index (χ3v) is 1.28. The molecule has 1 aromatic carbocycles. The first-order valence-corrected chi connectivity index (χ1v) is 3.96. The van der Waals surface area contributed by atoms with Crippen LogP contribution in [0.4, 0.5) is 5.69 Å². The number of hydrogen-bond acceptors (Lipinski definition) is 4. The van der Waals surface area contributed by atoms with Gasteiger partial charge >= 0.3 is 5.97 Å². The summed E-state index contributed by atoms with van der Waals surface area (Å²) < 4.78 is 0. The van der Waals surface area contributed by atoms with Gasteiger partial charge in [0.15, 0.2) is 0 Å². The predicted octanol–water partition coefficient (Wildman–Crippen LogP) is 0.393. The zero-order valence-electron chi connectivity index (χ0n) is 7.84. The average molecular weight is 198 g/mol. The van der Waals surface area contributed by atoms with Crippen LogP contribution in [0.3, 0.4) is 0 Å². The van der Waals surface area contributed by atoms with Crippen molar-refractivity contribution in [2.45, 2.75) is 13.0 Å². The van der Waals surface area contributed by atoms with E-state index in [2.05, 4.69) is 0 Å². The maximum absolute atomic E-state index is 9.57. The summed E-state index contributed by atoms with van der Waals surface area (Å²) in [5.74, 6) is -0.714. The molecule has 0 aromatic heterocycles. The zero-order chi connectivity index (χ0) is 11.1. The van der Waals surface area contributed by atoms with Gasteiger partial charge < -0.3 is 21.7 Å². The summed E-state index contributed by atoms with van der Waals surface area (Å²) >= 11 is 0. The van der Waals surface area contributed by atoms with E-state index in [1.165, 1.54) is 6.92 Å². The highest BCUT2D eigenvalue weighted by molar-refractivity contribution is 5.72. The van der Waals surface area contributed by atoms with Crippen molar-refractivity contribution >= 4 is 11.7 Å². The van der Waals surface area contributed by atoms with Gasteiger partial charge in [0.05, 0.1) is 0 Å². The summed E-state index contributed by atoms with van der Waals surface area (Å²) in [6.07, 6.45) is 0. The fraction of sp³-hybridized carbons (Fsp3) is 0.222. The average Bonchev–Trinajstić information content (AvgIpc) is 2.11. The van der Waals surface area contributed by atoms with E-state index in [1.807, 2.05) is 0 Å². The van der Waals surface area contributed by atoms with Crippen LogP contribution in [0.15, 0.2) is 24.3 Å². The highest BCUT2D eigenvalue weighted by Crippen LogP contribution is 2.09. The summed E-state index contributed by atoms with van der Waals surface area (Å²) in [6, 6.07) is 5.67. The summed E-state index contributed by atoms with van der Waals surface area (Å²) in [5.41, 5.74) is 10.8. The van der Waals surface area contributed by atoms with Crippen molar-refractivity contribution < 1.29 is 15.0 Å². The van der Waals surface area contributed by atoms with Gasteiger partial charge in [0.2, 0.25) is 0 Å². The topological polar surface area (TPSA) is 110 Å². The van der Waals surface area contributed by atoms with Crippen LogP contribution < -0.4 is 11.5 Å². The molecule has 0 heterocycles.